The molecule has 1 aromatic carbocycles. The lowest BCUT2D eigenvalue weighted by molar-refractivity contribution is 0.0909. The van der Waals surface area contributed by atoms with Crippen LogP contribution in [0.2, 0.25) is 0 Å². The Kier molecular flexibility index (Phi) is 5.39. The Balaban J connectivity index is 1.44. The lowest BCUT2D eigenvalue weighted by Gasteiger charge is -2.20. The predicted molar refractivity (Wildman–Crippen MR) is 100.0 cm³/mol. The first-order valence-electron chi connectivity index (χ1n) is 9.44. The number of hydrogen-bond donors (Lipinski definition) is 1. The SMILES string of the molecule is C[C@H](NC(=O)c1ccco1)c1nnc2n1CCN(Cc1cccc(F)c1F)CC2. The van der Waals surface area contributed by atoms with Crippen LogP contribution in [0.4, 0.5) is 8.78 Å². The van der Waals surface area contributed by atoms with Gasteiger partial charge in [0.2, 0.25) is 0 Å². The third kappa shape index (κ3) is 4.04. The molecule has 2 aromatic heterocycles. The second kappa shape index (κ2) is 8.12. The number of benzene rings is 1. The van der Waals surface area contributed by atoms with Gasteiger partial charge >= 0.3 is 0 Å². The van der Waals surface area contributed by atoms with Gasteiger partial charge in [-0.2, -0.15) is 0 Å². The van der Waals surface area contributed by atoms with Crippen molar-refractivity contribution >= 4 is 5.91 Å². The zero-order chi connectivity index (χ0) is 20.4. The first-order chi connectivity index (χ1) is 14.0. The topological polar surface area (TPSA) is 76.2 Å². The maximum absolute atomic E-state index is 14.0. The molecule has 0 radical (unpaired) electrons. The molecule has 1 aliphatic rings. The second-order valence-corrected chi connectivity index (χ2v) is 7.04. The summed E-state index contributed by atoms with van der Waals surface area (Å²) in [5.41, 5.74) is 0.335. The molecule has 0 fully saturated rings. The zero-order valence-electron chi connectivity index (χ0n) is 15.9. The average Bonchev–Trinajstić information content (AvgIpc) is 3.34. The average molecular weight is 401 g/mol. The van der Waals surface area contributed by atoms with E-state index in [1.165, 1.54) is 12.3 Å². The maximum atomic E-state index is 14.0. The molecule has 152 valence electrons. The van der Waals surface area contributed by atoms with Crippen LogP contribution in [0.5, 0.6) is 0 Å². The van der Waals surface area contributed by atoms with E-state index in [1.54, 1.807) is 18.2 Å². The lowest BCUT2D eigenvalue weighted by Crippen LogP contribution is -2.30. The van der Waals surface area contributed by atoms with E-state index in [-0.39, 0.29) is 17.7 Å². The van der Waals surface area contributed by atoms with Crippen molar-refractivity contribution in [1.82, 2.24) is 25.0 Å². The molecule has 0 aliphatic carbocycles. The second-order valence-electron chi connectivity index (χ2n) is 7.04. The molecular formula is C20H21F2N5O2. The number of nitrogens with zero attached hydrogens (tertiary/aromatic N) is 4. The van der Waals surface area contributed by atoms with Gasteiger partial charge in [-0.25, -0.2) is 8.78 Å². The Hall–Kier alpha value is -3.07. The molecule has 7 nitrogen and oxygen atoms in total. The molecule has 1 amide bonds. The lowest BCUT2D eigenvalue weighted by atomic mass is 10.2. The van der Waals surface area contributed by atoms with Gasteiger partial charge in [-0.1, -0.05) is 12.1 Å². The summed E-state index contributed by atoms with van der Waals surface area (Å²) in [5.74, 6) is -0.267. The summed E-state index contributed by atoms with van der Waals surface area (Å²) in [6.07, 6.45) is 2.07. The summed E-state index contributed by atoms with van der Waals surface area (Å²) in [6, 6.07) is 7.12. The van der Waals surface area contributed by atoms with E-state index in [1.807, 2.05) is 11.5 Å². The number of nitrogens with one attached hydrogen (secondary N) is 1. The fourth-order valence-corrected chi connectivity index (χ4v) is 3.52. The number of rotatable bonds is 5. The molecular weight excluding hydrogens is 380 g/mol. The fraction of sp³-hybridized carbons (Fsp3) is 0.350. The van der Waals surface area contributed by atoms with Gasteiger partial charge in [0.15, 0.2) is 23.2 Å². The summed E-state index contributed by atoms with van der Waals surface area (Å²) in [6.45, 7) is 4.04. The Morgan fingerprint density at radius 3 is 2.86 bits per heavy atom. The molecule has 1 N–H and O–H groups in total. The quantitative estimate of drug-likeness (QED) is 0.712. The Labute approximate surface area is 166 Å². The summed E-state index contributed by atoms with van der Waals surface area (Å²) < 4.78 is 34.6. The molecule has 9 heteroatoms. The summed E-state index contributed by atoms with van der Waals surface area (Å²) in [7, 11) is 0. The van der Waals surface area contributed by atoms with Crippen LogP contribution in [0.1, 0.15) is 40.7 Å². The highest BCUT2D eigenvalue weighted by atomic mass is 19.2. The molecule has 0 saturated carbocycles. The summed E-state index contributed by atoms with van der Waals surface area (Å²) in [4.78, 5) is 14.3. The normalized spacial score (nSPS) is 15.6. The van der Waals surface area contributed by atoms with Crippen molar-refractivity contribution in [2.24, 2.45) is 0 Å². The van der Waals surface area contributed by atoms with Gasteiger partial charge in [-0.05, 0) is 25.1 Å². The van der Waals surface area contributed by atoms with E-state index in [4.69, 9.17) is 4.42 Å². The van der Waals surface area contributed by atoms with Gasteiger partial charge in [0.05, 0.1) is 12.3 Å². The third-order valence-corrected chi connectivity index (χ3v) is 5.05. The molecule has 3 aromatic rings. The number of furan rings is 1. The highest BCUT2D eigenvalue weighted by Gasteiger charge is 2.24. The van der Waals surface area contributed by atoms with Crippen LogP contribution in [0, 0.1) is 11.6 Å². The largest absolute Gasteiger partial charge is 0.459 e. The van der Waals surface area contributed by atoms with Crippen molar-refractivity contribution in [3.05, 3.63) is 71.2 Å². The van der Waals surface area contributed by atoms with Crippen LogP contribution in [-0.4, -0.2) is 38.7 Å². The molecule has 1 aliphatic heterocycles. The number of carbonyl (C=O) groups excluding carboxylic acids is 1. The maximum Gasteiger partial charge on any atom is 0.287 e. The zero-order valence-corrected chi connectivity index (χ0v) is 15.9. The van der Waals surface area contributed by atoms with Crippen LogP contribution in [0.3, 0.4) is 0 Å². The molecule has 0 bridgehead atoms. The number of fused-ring (bicyclic) bond motifs is 1. The fourth-order valence-electron chi connectivity index (χ4n) is 3.52. The standard InChI is InChI=1S/C20H21F2N5O2/c1-13(23-20(28)16-6-3-11-29-16)19-25-24-17-7-8-26(9-10-27(17)19)12-14-4-2-5-15(21)18(14)22/h2-6,11,13H,7-10,12H2,1H3,(H,23,28)/t13-/m0/s1. The van der Waals surface area contributed by atoms with Gasteiger partial charge in [-0.15, -0.1) is 10.2 Å². The van der Waals surface area contributed by atoms with Crippen LogP contribution in [-0.2, 0) is 19.5 Å². The highest BCUT2D eigenvalue weighted by Crippen LogP contribution is 2.19. The number of aromatic nitrogens is 3. The van der Waals surface area contributed by atoms with Gasteiger partial charge < -0.3 is 14.3 Å². The van der Waals surface area contributed by atoms with Gasteiger partial charge in [-0.3, -0.25) is 9.69 Å². The van der Waals surface area contributed by atoms with E-state index in [0.717, 1.165) is 11.9 Å². The smallest absolute Gasteiger partial charge is 0.287 e. The van der Waals surface area contributed by atoms with Gasteiger partial charge in [0, 0.05) is 38.2 Å². The minimum Gasteiger partial charge on any atom is -0.459 e. The van der Waals surface area contributed by atoms with Crippen molar-refractivity contribution in [2.45, 2.75) is 32.5 Å². The monoisotopic (exact) mass is 401 g/mol. The van der Waals surface area contributed by atoms with Crippen LogP contribution >= 0.6 is 0 Å². The van der Waals surface area contributed by atoms with E-state index < -0.39 is 11.6 Å². The first kappa shape index (κ1) is 19.3. The van der Waals surface area contributed by atoms with Gasteiger partial charge in [0.25, 0.3) is 5.91 Å². The molecule has 0 unspecified atom stereocenters. The van der Waals surface area contributed by atoms with E-state index >= 15 is 0 Å². The van der Waals surface area contributed by atoms with E-state index in [9.17, 15) is 13.6 Å². The Morgan fingerprint density at radius 2 is 2.07 bits per heavy atom. The van der Waals surface area contributed by atoms with Crippen LogP contribution < -0.4 is 5.32 Å². The molecule has 4 rings (SSSR count). The van der Waals surface area contributed by atoms with Crippen molar-refractivity contribution in [1.29, 1.82) is 0 Å². The molecule has 29 heavy (non-hydrogen) atoms. The number of carbonyl (C=O) groups is 1. The van der Waals surface area contributed by atoms with Crippen LogP contribution in [0.15, 0.2) is 41.0 Å². The van der Waals surface area contributed by atoms with E-state index in [2.05, 4.69) is 20.4 Å². The van der Waals surface area contributed by atoms with Crippen molar-refractivity contribution in [3.63, 3.8) is 0 Å². The molecule has 1 atom stereocenters. The first-order valence-corrected chi connectivity index (χ1v) is 9.44. The highest BCUT2D eigenvalue weighted by molar-refractivity contribution is 5.91. The van der Waals surface area contributed by atoms with Crippen molar-refractivity contribution < 1.29 is 18.0 Å². The summed E-state index contributed by atoms with van der Waals surface area (Å²) in [5, 5.41) is 11.4. The van der Waals surface area contributed by atoms with Crippen molar-refractivity contribution in [3.8, 4) is 0 Å². The minimum atomic E-state index is -0.835. The third-order valence-electron chi connectivity index (χ3n) is 5.05. The Bertz CT molecular complexity index is 1000. The minimum absolute atomic E-state index is 0.232. The van der Waals surface area contributed by atoms with Crippen LogP contribution in [0.25, 0.3) is 0 Å². The Morgan fingerprint density at radius 1 is 1.21 bits per heavy atom. The predicted octanol–water partition coefficient (Wildman–Crippen LogP) is 2.70. The summed E-state index contributed by atoms with van der Waals surface area (Å²) >= 11 is 0. The number of amides is 1. The molecule has 3 heterocycles. The van der Waals surface area contributed by atoms with Gasteiger partial charge in [0.1, 0.15) is 5.82 Å². The van der Waals surface area contributed by atoms with E-state index in [0.29, 0.717) is 44.0 Å². The molecule has 0 saturated heterocycles. The number of halogens is 2. The molecule has 0 spiro atoms. The van der Waals surface area contributed by atoms with Crippen molar-refractivity contribution in [2.75, 3.05) is 13.1 Å². The number of hydrogen-bond acceptors (Lipinski definition) is 5.